The largest absolute Gasteiger partial charge is 0.497 e. The van der Waals surface area contributed by atoms with E-state index in [0.717, 1.165) is 22.2 Å². The molecule has 174 valence electrons. The van der Waals surface area contributed by atoms with Crippen LogP contribution in [0.5, 0.6) is 11.5 Å². The Hall–Kier alpha value is -4.13. The summed E-state index contributed by atoms with van der Waals surface area (Å²) in [5, 5.41) is 9.92. The van der Waals surface area contributed by atoms with E-state index < -0.39 is 12.1 Å². The number of aryl methyl sites for hydroxylation is 1. The summed E-state index contributed by atoms with van der Waals surface area (Å²) in [6.07, 6.45) is 0.830. The number of carbonyl (C=O) groups excluding carboxylic acids is 1. The summed E-state index contributed by atoms with van der Waals surface area (Å²) in [7, 11) is 1.59. The minimum atomic E-state index is -1.03. The number of carbonyl (C=O) groups is 2. The van der Waals surface area contributed by atoms with Gasteiger partial charge in [-0.05, 0) is 74.4 Å². The molecular weight excluding hydrogens is 432 g/mol. The molecule has 34 heavy (non-hydrogen) atoms. The molecule has 0 unspecified atom stereocenters. The Labute approximate surface area is 197 Å². The van der Waals surface area contributed by atoms with Crippen molar-refractivity contribution in [3.05, 3.63) is 88.7 Å². The first-order chi connectivity index (χ1) is 16.3. The lowest BCUT2D eigenvalue weighted by molar-refractivity contribution is -0.144. The van der Waals surface area contributed by atoms with Crippen LogP contribution in [0.1, 0.15) is 39.7 Å². The fraction of sp³-hybridized carbons (Fsp3) is 0.222. The van der Waals surface area contributed by atoms with Crippen LogP contribution >= 0.6 is 0 Å². The summed E-state index contributed by atoms with van der Waals surface area (Å²) in [4.78, 5) is 29.3. The van der Waals surface area contributed by atoms with E-state index in [9.17, 15) is 9.59 Å². The highest BCUT2D eigenvalue weighted by atomic mass is 16.5. The van der Waals surface area contributed by atoms with E-state index in [1.807, 2.05) is 42.7 Å². The molecule has 0 aliphatic heterocycles. The molecule has 2 heterocycles. The van der Waals surface area contributed by atoms with Crippen LogP contribution in [0.15, 0.2) is 60.8 Å². The number of aliphatic carboxylic acids is 1. The van der Waals surface area contributed by atoms with Crippen LogP contribution in [-0.2, 0) is 11.3 Å². The Morgan fingerprint density at radius 3 is 2.47 bits per heavy atom. The minimum absolute atomic E-state index is 0.0799. The molecule has 1 atom stereocenters. The number of pyridine rings is 1. The fourth-order valence-electron chi connectivity index (χ4n) is 3.97. The Kier molecular flexibility index (Phi) is 6.36. The van der Waals surface area contributed by atoms with Gasteiger partial charge in [-0.2, -0.15) is 0 Å². The van der Waals surface area contributed by atoms with Crippen LogP contribution in [0.2, 0.25) is 0 Å². The molecular formula is C27H26N2O5. The van der Waals surface area contributed by atoms with Gasteiger partial charge in [-0.3, -0.25) is 4.79 Å². The molecule has 0 aliphatic carbocycles. The van der Waals surface area contributed by atoms with Gasteiger partial charge < -0.3 is 19.1 Å². The molecule has 4 rings (SSSR count). The topological polar surface area (TPSA) is 90.7 Å². The summed E-state index contributed by atoms with van der Waals surface area (Å²) < 4.78 is 12.7. The van der Waals surface area contributed by atoms with Crippen molar-refractivity contribution >= 4 is 22.8 Å². The molecule has 2 aromatic heterocycles. The van der Waals surface area contributed by atoms with Crippen molar-refractivity contribution in [3.63, 3.8) is 0 Å². The summed E-state index contributed by atoms with van der Waals surface area (Å²) in [6.45, 7) is 5.81. The molecule has 0 spiro atoms. The van der Waals surface area contributed by atoms with Crippen LogP contribution in [0, 0.1) is 13.8 Å². The average molecular weight is 459 g/mol. The molecule has 0 saturated carbocycles. The number of carboxylic acid groups (broad SMARTS) is 1. The quantitative estimate of drug-likeness (QED) is 0.382. The number of carboxylic acids is 1. The molecule has 0 bridgehead atoms. The van der Waals surface area contributed by atoms with Crippen molar-refractivity contribution in [2.24, 2.45) is 0 Å². The Balaban J connectivity index is 1.75. The monoisotopic (exact) mass is 458 g/mol. The van der Waals surface area contributed by atoms with Crippen LogP contribution in [0.25, 0.3) is 11.0 Å². The lowest BCUT2D eigenvalue weighted by Gasteiger charge is -2.13. The van der Waals surface area contributed by atoms with E-state index in [1.165, 1.54) is 6.92 Å². The van der Waals surface area contributed by atoms with Crippen LogP contribution in [0.4, 0.5) is 0 Å². The number of ether oxygens (including phenoxy) is 2. The molecule has 7 nitrogen and oxygen atoms in total. The second-order valence-electron chi connectivity index (χ2n) is 8.23. The van der Waals surface area contributed by atoms with Crippen molar-refractivity contribution in [2.75, 3.05) is 7.11 Å². The lowest BCUT2D eigenvalue weighted by atomic mass is 10.0. The van der Waals surface area contributed by atoms with Gasteiger partial charge in [-0.15, -0.1) is 0 Å². The Morgan fingerprint density at radius 1 is 1.06 bits per heavy atom. The van der Waals surface area contributed by atoms with Gasteiger partial charge in [0.2, 0.25) is 0 Å². The molecule has 7 heteroatoms. The number of hydrogen-bond acceptors (Lipinski definition) is 5. The third kappa shape index (κ3) is 4.50. The summed E-state index contributed by atoms with van der Waals surface area (Å²) in [5.41, 5.74) is 4.57. The summed E-state index contributed by atoms with van der Waals surface area (Å²) in [5.74, 6) is 0.0509. The molecule has 0 radical (unpaired) electrons. The molecule has 0 amide bonds. The zero-order chi connectivity index (χ0) is 24.4. The molecule has 2 aromatic carbocycles. The van der Waals surface area contributed by atoms with Gasteiger partial charge in [-0.1, -0.05) is 12.1 Å². The van der Waals surface area contributed by atoms with Gasteiger partial charge in [0.15, 0.2) is 11.9 Å². The first kappa shape index (κ1) is 23.0. The summed E-state index contributed by atoms with van der Waals surface area (Å²) >= 11 is 0. The number of methoxy groups -OCH3 is 1. The van der Waals surface area contributed by atoms with Crippen molar-refractivity contribution in [2.45, 2.75) is 33.4 Å². The van der Waals surface area contributed by atoms with E-state index in [-0.39, 0.29) is 5.78 Å². The maximum atomic E-state index is 13.5. The van der Waals surface area contributed by atoms with E-state index in [1.54, 1.807) is 43.6 Å². The number of nitrogens with zero attached hydrogens (tertiary/aromatic N) is 2. The first-order valence-electron chi connectivity index (χ1n) is 10.9. The maximum Gasteiger partial charge on any atom is 0.344 e. The fourth-order valence-corrected chi connectivity index (χ4v) is 3.97. The number of hydrogen-bond donors (Lipinski definition) is 1. The van der Waals surface area contributed by atoms with Crippen LogP contribution in [0.3, 0.4) is 0 Å². The van der Waals surface area contributed by atoms with Gasteiger partial charge >= 0.3 is 5.97 Å². The standard InChI is InChI=1S/C27H26N2O5/c1-16-12-23-24(25(30)20-8-10-21(33-4)11-9-20)17(2)29(26(23)28-14-16)15-19-6-5-7-22(13-19)34-18(3)27(31)32/h5-14,18H,15H2,1-4H3,(H,31,32)/t18-/m0/s1. The molecule has 0 fully saturated rings. The third-order valence-corrected chi connectivity index (χ3v) is 5.77. The second-order valence-corrected chi connectivity index (χ2v) is 8.23. The van der Waals surface area contributed by atoms with E-state index in [0.29, 0.717) is 34.8 Å². The van der Waals surface area contributed by atoms with Gasteiger partial charge in [0, 0.05) is 29.4 Å². The highest BCUT2D eigenvalue weighted by Gasteiger charge is 2.22. The Bertz CT molecular complexity index is 1370. The number of ketones is 1. The highest BCUT2D eigenvalue weighted by molar-refractivity contribution is 6.17. The molecule has 0 saturated heterocycles. The van der Waals surface area contributed by atoms with E-state index in [4.69, 9.17) is 14.6 Å². The Morgan fingerprint density at radius 2 is 1.79 bits per heavy atom. The maximum absolute atomic E-state index is 13.5. The molecule has 1 N–H and O–H groups in total. The smallest absolute Gasteiger partial charge is 0.344 e. The van der Waals surface area contributed by atoms with Crippen LogP contribution in [-0.4, -0.2) is 39.6 Å². The normalized spacial score (nSPS) is 11.9. The first-order valence-corrected chi connectivity index (χ1v) is 10.9. The molecule has 4 aromatic rings. The third-order valence-electron chi connectivity index (χ3n) is 5.77. The number of rotatable bonds is 8. The zero-order valence-corrected chi connectivity index (χ0v) is 19.5. The highest BCUT2D eigenvalue weighted by Crippen LogP contribution is 2.29. The predicted octanol–water partition coefficient (Wildman–Crippen LogP) is 4.79. The average Bonchev–Trinajstić information content (AvgIpc) is 3.09. The number of aromatic nitrogens is 2. The van der Waals surface area contributed by atoms with Gasteiger partial charge in [0.05, 0.1) is 12.7 Å². The predicted molar refractivity (Wildman–Crippen MR) is 129 cm³/mol. The SMILES string of the molecule is COc1ccc(C(=O)c2c(C)n(Cc3cccc(O[C@@H](C)C(=O)O)c3)c3ncc(C)cc23)cc1. The summed E-state index contributed by atoms with van der Waals surface area (Å²) in [6, 6.07) is 16.3. The van der Waals surface area contributed by atoms with E-state index >= 15 is 0 Å². The minimum Gasteiger partial charge on any atom is -0.497 e. The van der Waals surface area contributed by atoms with E-state index in [2.05, 4.69) is 4.98 Å². The van der Waals surface area contributed by atoms with Crippen molar-refractivity contribution < 1.29 is 24.2 Å². The zero-order valence-electron chi connectivity index (χ0n) is 19.5. The lowest BCUT2D eigenvalue weighted by Crippen LogP contribution is -2.22. The second kappa shape index (κ2) is 9.39. The van der Waals surface area contributed by atoms with Crippen LogP contribution < -0.4 is 9.47 Å². The number of benzene rings is 2. The number of fused-ring (bicyclic) bond motifs is 1. The van der Waals surface area contributed by atoms with Crippen molar-refractivity contribution in [1.82, 2.24) is 9.55 Å². The van der Waals surface area contributed by atoms with Gasteiger partial charge in [-0.25, -0.2) is 9.78 Å². The van der Waals surface area contributed by atoms with Gasteiger partial charge in [0.25, 0.3) is 0 Å². The molecule has 0 aliphatic rings. The van der Waals surface area contributed by atoms with Crippen molar-refractivity contribution in [1.29, 1.82) is 0 Å². The van der Waals surface area contributed by atoms with Crippen molar-refractivity contribution in [3.8, 4) is 11.5 Å². The van der Waals surface area contributed by atoms with Gasteiger partial charge in [0.1, 0.15) is 17.1 Å².